The monoisotopic (exact) mass is 691 g/mol. The normalized spacial score (nSPS) is 16.1. The number of nitrogens with one attached hydrogen (secondary N) is 1. The summed E-state index contributed by atoms with van der Waals surface area (Å²) in [5.74, 6) is 0.243. The number of methoxy groups -OCH3 is 1. The number of hydrogen-bond acceptors (Lipinski definition) is 5. The SMILES string of the molecule is COCCS(=O)(=O)c1ccc(Cc2nc3c(C4CC[I-]4)c(-c4ccccc4OC(F)(F)F)c(Cl)cc3[nH]2)cc1. The van der Waals surface area contributed by atoms with Crippen LogP contribution in [-0.2, 0) is 21.0 Å². The Labute approximate surface area is 239 Å². The van der Waals surface area contributed by atoms with E-state index in [-0.39, 0.29) is 53.7 Å². The Balaban J connectivity index is 1.53. The zero-order chi connectivity index (χ0) is 27.8. The molecule has 1 unspecified atom stereocenters. The van der Waals surface area contributed by atoms with E-state index in [1.54, 1.807) is 42.5 Å². The van der Waals surface area contributed by atoms with Crippen molar-refractivity contribution in [1.29, 1.82) is 0 Å². The van der Waals surface area contributed by atoms with Gasteiger partial charge in [-0.3, -0.25) is 0 Å². The van der Waals surface area contributed by atoms with Gasteiger partial charge in [0.1, 0.15) is 0 Å². The summed E-state index contributed by atoms with van der Waals surface area (Å²) in [6.07, 6.45) is -3.50. The molecule has 0 spiro atoms. The molecule has 1 fully saturated rings. The van der Waals surface area contributed by atoms with Crippen LogP contribution in [-0.4, -0.2) is 48.6 Å². The first-order valence-electron chi connectivity index (χ1n) is 12.0. The molecule has 0 aliphatic carbocycles. The minimum atomic E-state index is -4.84. The molecule has 5 rings (SSSR count). The number of halogens is 5. The summed E-state index contributed by atoms with van der Waals surface area (Å²) < 4.78 is 74.9. The molecule has 2 heterocycles. The molecular weight excluding hydrogens is 668 g/mol. The van der Waals surface area contributed by atoms with E-state index in [1.807, 2.05) is 0 Å². The van der Waals surface area contributed by atoms with E-state index < -0.39 is 16.2 Å². The molecule has 1 atom stereocenters. The van der Waals surface area contributed by atoms with Crippen molar-refractivity contribution in [2.45, 2.75) is 28.0 Å². The van der Waals surface area contributed by atoms with Crippen LogP contribution in [0.2, 0.25) is 5.02 Å². The van der Waals surface area contributed by atoms with Crippen LogP contribution in [0.4, 0.5) is 13.2 Å². The molecule has 39 heavy (non-hydrogen) atoms. The molecular formula is C27H24ClF3IN2O4S-. The number of rotatable bonds is 9. The average Bonchev–Trinajstić information content (AvgIpc) is 3.24. The number of benzene rings is 3. The second-order valence-corrected chi connectivity index (χ2v) is 15.0. The van der Waals surface area contributed by atoms with Gasteiger partial charge in [-0.15, -0.1) is 0 Å². The number of ether oxygens (including phenoxy) is 2. The van der Waals surface area contributed by atoms with Crippen molar-refractivity contribution < 1.29 is 52.3 Å². The van der Waals surface area contributed by atoms with Gasteiger partial charge in [0.15, 0.2) is 0 Å². The van der Waals surface area contributed by atoms with Gasteiger partial charge in [0.2, 0.25) is 0 Å². The number of para-hydroxylation sites is 1. The number of nitrogens with zero attached hydrogens (tertiary/aromatic N) is 1. The fourth-order valence-corrected chi connectivity index (χ4v) is 8.28. The number of hydrogen-bond donors (Lipinski definition) is 1. The van der Waals surface area contributed by atoms with Gasteiger partial charge in [-0.25, -0.2) is 0 Å². The summed E-state index contributed by atoms with van der Waals surface area (Å²) >= 11 is 6.55. The standard InChI is InChI=1S/C27H24ClF3IN2O4S/c1-37-12-13-39(35,36)17-8-6-16(7-9-17)14-23-33-21-15-19(28)24(25(26(21)34-23)20-10-11-32-20)18-4-2-3-5-22(18)38-27(29,30)31/h2-9,15,20H,10-14H2,1H3,(H,33,34)/q-1. The van der Waals surface area contributed by atoms with Crippen molar-refractivity contribution in [3.63, 3.8) is 0 Å². The molecule has 208 valence electrons. The Morgan fingerprint density at radius 1 is 1.15 bits per heavy atom. The second kappa shape index (κ2) is 11.3. The first kappa shape index (κ1) is 28.2. The molecule has 0 bridgehead atoms. The van der Waals surface area contributed by atoms with E-state index in [0.717, 1.165) is 22.0 Å². The first-order chi connectivity index (χ1) is 18.6. The number of H-pyrrole nitrogens is 1. The Morgan fingerprint density at radius 2 is 1.87 bits per heavy atom. The zero-order valence-electron chi connectivity index (χ0n) is 20.7. The number of aromatic nitrogens is 2. The van der Waals surface area contributed by atoms with Crippen LogP contribution in [0.15, 0.2) is 59.5 Å². The van der Waals surface area contributed by atoms with Crippen LogP contribution in [0, 0.1) is 0 Å². The molecule has 3 aromatic carbocycles. The van der Waals surface area contributed by atoms with E-state index in [9.17, 15) is 21.6 Å². The van der Waals surface area contributed by atoms with Crippen LogP contribution in [0.5, 0.6) is 5.75 Å². The first-order valence-corrected chi connectivity index (χ1v) is 16.8. The fraction of sp³-hybridized carbons (Fsp3) is 0.296. The Bertz CT molecular complexity index is 1600. The summed E-state index contributed by atoms with van der Waals surface area (Å²) in [7, 11) is -1.98. The van der Waals surface area contributed by atoms with E-state index >= 15 is 0 Å². The number of aromatic amines is 1. The van der Waals surface area contributed by atoms with Gasteiger partial charge in [-0.1, -0.05) is 0 Å². The van der Waals surface area contributed by atoms with Gasteiger partial charge in [-0.05, 0) is 0 Å². The molecule has 0 radical (unpaired) electrons. The zero-order valence-corrected chi connectivity index (χ0v) is 24.4. The van der Waals surface area contributed by atoms with Gasteiger partial charge >= 0.3 is 222 Å². The van der Waals surface area contributed by atoms with Gasteiger partial charge in [0, 0.05) is 7.11 Å². The number of sulfone groups is 1. The molecule has 1 aliphatic rings. The summed E-state index contributed by atoms with van der Waals surface area (Å²) in [6.45, 7) is 0.117. The third-order valence-electron chi connectivity index (χ3n) is 6.38. The Hall–Kier alpha value is -2.35. The predicted octanol–water partition coefficient (Wildman–Crippen LogP) is 3.33. The van der Waals surface area contributed by atoms with E-state index in [0.29, 0.717) is 33.9 Å². The van der Waals surface area contributed by atoms with E-state index in [4.69, 9.17) is 21.3 Å². The Kier molecular flexibility index (Phi) is 8.14. The molecule has 1 saturated heterocycles. The van der Waals surface area contributed by atoms with E-state index in [1.165, 1.54) is 19.2 Å². The molecule has 12 heteroatoms. The van der Waals surface area contributed by atoms with Crippen molar-refractivity contribution in [2.75, 3.05) is 23.9 Å². The van der Waals surface area contributed by atoms with Crippen LogP contribution < -0.4 is 25.9 Å². The van der Waals surface area contributed by atoms with Gasteiger partial charge in [0.25, 0.3) is 0 Å². The molecule has 0 amide bonds. The van der Waals surface area contributed by atoms with Gasteiger partial charge in [0.05, 0.1) is 6.61 Å². The third kappa shape index (κ3) is 6.21. The quantitative estimate of drug-likeness (QED) is 0.215. The van der Waals surface area contributed by atoms with Crippen molar-refractivity contribution in [2.24, 2.45) is 0 Å². The van der Waals surface area contributed by atoms with Gasteiger partial charge < -0.3 is 4.74 Å². The fourth-order valence-electron chi connectivity index (χ4n) is 4.50. The topological polar surface area (TPSA) is 81.3 Å². The van der Waals surface area contributed by atoms with Crippen LogP contribution in [0.3, 0.4) is 0 Å². The summed E-state index contributed by atoms with van der Waals surface area (Å²) in [5, 5.41) is 0.326. The van der Waals surface area contributed by atoms with E-state index in [2.05, 4.69) is 9.72 Å². The number of fused-ring (bicyclic) bond motifs is 1. The third-order valence-corrected chi connectivity index (χ3v) is 11.9. The van der Waals surface area contributed by atoms with Crippen molar-refractivity contribution in [1.82, 2.24) is 9.97 Å². The number of alkyl halides is 5. The molecule has 4 aromatic rings. The molecule has 0 saturated carbocycles. The van der Waals surface area contributed by atoms with Crippen LogP contribution in [0.1, 0.15) is 27.3 Å². The molecule has 1 aliphatic heterocycles. The second-order valence-electron chi connectivity index (χ2n) is 9.00. The summed E-state index contributed by atoms with van der Waals surface area (Å²) in [5.41, 5.74) is 3.91. The van der Waals surface area contributed by atoms with Gasteiger partial charge in [-0.2, -0.15) is 0 Å². The average molecular weight is 692 g/mol. The molecule has 1 aromatic heterocycles. The minimum absolute atomic E-state index is 0.0980. The molecule has 1 N–H and O–H groups in total. The van der Waals surface area contributed by atoms with Crippen LogP contribution >= 0.6 is 11.6 Å². The van der Waals surface area contributed by atoms with Crippen molar-refractivity contribution >= 4 is 32.5 Å². The van der Waals surface area contributed by atoms with Crippen molar-refractivity contribution in [3.05, 3.63) is 76.6 Å². The summed E-state index contributed by atoms with van der Waals surface area (Å²) in [6, 6.07) is 14.4. The number of imidazole rings is 1. The van der Waals surface area contributed by atoms with Crippen molar-refractivity contribution in [3.8, 4) is 16.9 Å². The summed E-state index contributed by atoms with van der Waals surface area (Å²) in [4.78, 5) is 8.39. The maximum absolute atomic E-state index is 13.2. The maximum atomic E-state index is 13.2. The predicted molar refractivity (Wildman–Crippen MR) is 139 cm³/mol. The van der Waals surface area contributed by atoms with Crippen LogP contribution in [0.25, 0.3) is 22.2 Å². The Morgan fingerprint density at radius 3 is 2.51 bits per heavy atom. The molecule has 6 nitrogen and oxygen atoms in total.